The molecule has 1 unspecified atom stereocenters. The third-order valence-electron chi connectivity index (χ3n) is 5.99. The minimum Gasteiger partial charge on any atom is -0.383 e. The van der Waals surface area contributed by atoms with Gasteiger partial charge in [0.25, 0.3) is 0 Å². The summed E-state index contributed by atoms with van der Waals surface area (Å²) in [4.78, 5) is 12.8. The molecule has 0 saturated carbocycles. The average Bonchev–Trinajstić information content (AvgIpc) is 3.25. The summed E-state index contributed by atoms with van der Waals surface area (Å²) in [6.07, 6.45) is 6.44. The highest BCUT2D eigenvalue weighted by Crippen LogP contribution is 2.30. The first-order valence-corrected chi connectivity index (χ1v) is 11.0. The van der Waals surface area contributed by atoms with Gasteiger partial charge in [0.1, 0.15) is 23.8 Å². The van der Waals surface area contributed by atoms with Crippen LogP contribution in [-0.2, 0) is 7.05 Å². The van der Waals surface area contributed by atoms with E-state index in [1.165, 1.54) is 12.4 Å². The van der Waals surface area contributed by atoms with Gasteiger partial charge in [-0.1, -0.05) is 30.3 Å². The van der Waals surface area contributed by atoms with Crippen LogP contribution in [0, 0.1) is 11.2 Å². The molecule has 0 aliphatic carbocycles. The molecule has 0 radical (unpaired) electrons. The summed E-state index contributed by atoms with van der Waals surface area (Å²) >= 11 is 0. The van der Waals surface area contributed by atoms with Crippen molar-refractivity contribution in [3.8, 4) is 11.1 Å². The van der Waals surface area contributed by atoms with Crippen molar-refractivity contribution in [2.45, 2.75) is 13.0 Å². The Bertz CT molecular complexity index is 1560. The Balaban J connectivity index is 1.50. The van der Waals surface area contributed by atoms with Gasteiger partial charge in [0.15, 0.2) is 0 Å². The van der Waals surface area contributed by atoms with Crippen molar-refractivity contribution < 1.29 is 4.39 Å². The second-order valence-corrected chi connectivity index (χ2v) is 8.22. The lowest BCUT2D eigenvalue weighted by Gasteiger charge is -2.19. The fourth-order valence-electron chi connectivity index (χ4n) is 4.11. The van der Waals surface area contributed by atoms with E-state index in [9.17, 15) is 4.39 Å². The summed E-state index contributed by atoms with van der Waals surface area (Å²) in [6, 6.07) is 13.9. The zero-order chi connectivity index (χ0) is 24.5. The second-order valence-electron chi connectivity index (χ2n) is 8.22. The number of nitrogens with one attached hydrogen (secondary N) is 2. The number of nitrogens with zero attached hydrogens (tertiary/aromatic N) is 5. The normalized spacial score (nSPS) is 12.0. The summed E-state index contributed by atoms with van der Waals surface area (Å²) in [5, 5.41) is 17.5. The molecule has 4 N–H and O–H groups in total. The van der Waals surface area contributed by atoms with Crippen molar-refractivity contribution in [2.24, 2.45) is 7.05 Å². The Labute approximate surface area is 201 Å². The van der Waals surface area contributed by atoms with Gasteiger partial charge in [-0.2, -0.15) is 5.10 Å². The number of nitrogen functional groups attached to an aromatic ring is 1. The average molecular weight is 467 g/mol. The van der Waals surface area contributed by atoms with Gasteiger partial charge in [-0.05, 0) is 30.7 Å². The van der Waals surface area contributed by atoms with Crippen LogP contribution in [0.1, 0.15) is 29.7 Å². The van der Waals surface area contributed by atoms with Crippen LogP contribution in [-0.4, -0.2) is 30.4 Å². The SMILES string of the molecule is CC(Nc1ncnc(N)c1C(=N)c1cccc2c1cnn2C)c1cncc(-c2ccccc2F)c1. The van der Waals surface area contributed by atoms with Gasteiger partial charge < -0.3 is 11.1 Å². The molecule has 9 heteroatoms. The maximum Gasteiger partial charge on any atom is 0.141 e. The monoisotopic (exact) mass is 466 g/mol. The summed E-state index contributed by atoms with van der Waals surface area (Å²) < 4.78 is 16.1. The van der Waals surface area contributed by atoms with Gasteiger partial charge in [0.2, 0.25) is 0 Å². The van der Waals surface area contributed by atoms with Gasteiger partial charge in [-0.3, -0.25) is 15.1 Å². The highest BCUT2D eigenvalue weighted by molar-refractivity contribution is 6.21. The fraction of sp³-hybridized carbons (Fsp3) is 0.115. The second kappa shape index (κ2) is 8.94. The molecule has 3 aromatic heterocycles. The van der Waals surface area contributed by atoms with Crippen molar-refractivity contribution in [3.05, 3.63) is 96.0 Å². The van der Waals surface area contributed by atoms with E-state index in [1.807, 2.05) is 38.2 Å². The summed E-state index contributed by atoms with van der Waals surface area (Å²) in [5.74, 6) is 0.307. The van der Waals surface area contributed by atoms with Crippen LogP contribution in [0.5, 0.6) is 0 Å². The predicted molar refractivity (Wildman–Crippen MR) is 135 cm³/mol. The number of aryl methyl sites for hydroxylation is 1. The quantitative estimate of drug-likeness (QED) is 0.311. The Hall–Kier alpha value is -4.66. The van der Waals surface area contributed by atoms with E-state index in [0.29, 0.717) is 28.1 Å². The number of benzene rings is 2. The molecule has 5 aromatic rings. The van der Waals surface area contributed by atoms with Gasteiger partial charge in [0.05, 0.1) is 29.0 Å². The maximum absolute atomic E-state index is 14.3. The summed E-state index contributed by atoms with van der Waals surface area (Å²) in [5.41, 5.74) is 10.4. The lowest BCUT2D eigenvalue weighted by molar-refractivity contribution is 0.631. The van der Waals surface area contributed by atoms with Crippen molar-refractivity contribution in [2.75, 3.05) is 11.1 Å². The first-order chi connectivity index (χ1) is 16.9. The lowest BCUT2D eigenvalue weighted by atomic mass is 9.99. The van der Waals surface area contributed by atoms with Crippen LogP contribution in [0.3, 0.4) is 0 Å². The first kappa shape index (κ1) is 22.1. The smallest absolute Gasteiger partial charge is 0.141 e. The maximum atomic E-state index is 14.3. The van der Waals surface area contributed by atoms with Crippen molar-refractivity contribution in [3.63, 3.8) is 0 Å². The van der Waals surface area contributed by atoms with Crippen LogP contribution in [0.4, 0.5) is 16.0 Å². The fourth-order valence-corrected chi connectivity index (χ4v) is 4.11. The number of halogens is 1. The minimum absolute atomic E-state index is 0.189. The molecule has 5 rings (SSSR count). The molecule has 0 bridgehead atoms. The van der Waals surface area contributed by atoms with Crippen LogP contribution >= 0.6 is 0 Å². The molecule has 0 fully saturated rings. The molecule has 2 aromatic carbocycles. The van der Waals surface area contributed by atoms with Crippen LogP contribution < -0.4 is 11.1 Å². The van der Waals surface area contributed by atoms with Crippen molar-refractivity contribution >= 4 is 28.3 Å². The number of hydrogen-bond donors (Lipinski definition) is 3. The molecule has 0 aliphatic heterocycles. The molecule has 8 nitrogen and oxygen atoms in total. The Morgan fingerprint density at radius 2 is 1.91 bits per heavy atom. The Morgan fingerprint density at radius 3 is 2.74 bits per heavy atom. The van der Waals surface area contributed by atoms with Gasteiger partial charge >= 0.3 is 0 Å². The molecule has 0 aliphatic rings. The van der Waals surface area contributed by atoms with Gasteiger partial charge in [-0.15, -0.1) is 0 Å². The molecule has 174 valence electrons. The number of rotatable bonds is 6. The molecule has 0 spiro atoms. The van der Waals surface area contributed by atoms with Gasteiger partial charge in [-0.25, -0.2) is 14.4 Å². The zero-order valence-corrected chi connectivity index (χ0v) is 19.2. The van der Waals surface area contributed by atoms with E-state index in [1.54, 1.807) is 41.5 Å². The van der Waals surface area contributed by atoms with Gasteiger partial charge in [0, 0.05) is 41.5 Å². The number of anilines is 2. The van der Waals surface area contributed by atoms with Crippen molar-refractivity contribution in [1.82, 2.24) is 24.7 Å². The summed E-state index contributed by atoms with van der Waals surface area (Å²) in [7, 11) is 1.86. The molecule has 35 heavy (non-hydrogen) atoms. The highest BCUT2D eigenvalue weighted by atomic mass is 19.1. The standard InChI is InChI=1S/C26H23FN8/c1-15(16-10-17(12-30-11-16)18-6-3-4-8-21(18)27)34-26-23(25(29)31-14-32-26)24(28)19-7-5-9-22-20(19)13-33-35(22)2/h3-15,28H,1-2H3,(H3,29,31,32,34). The van der Waals surface area contributed by atoms with E-state index in [4.69, 9.17) is 11.1 Å². The van der Waals surface area contributed by atoms with Crippen LogP contribution in [0.15, 0.2) is 73.4 Å². The van der Waals surface area contributed by atoms with E-state index < -0.39 is 0 Å². The highest BCUT2D eigenvalue weighted by Gasteiger charge is 2.21. The molecule has 3 heterocycles. The summed E-state index contributed by atoms with van der Waals surface area (Å²) in [6.45, 7) is 1.94. The number of fused-ring (bicyclic) bond motifs is 1. The van der Waals surface area contributed by atoms with E-state index in [2.05, 4.69) is 25.4 Å². The lowest BCUT2D eigenvalue weighted by Crippen LogP contribution is -2.16. The number of hydrogen-bond acceptors (Lipinski definition) is 7. The minimum atomic E-state index is -0.309. The largest absolute Gasteiger partial charge is 0.383 e. The Morgan fingerprint density at radius 1 is 1.09 bits per heavy atom. The molecule has 1 atom stereocenters. The van der Waals surface area contributed by atoms with E-state index in [0.717, 1.165) is 16.5 Å². The number of pyridine rings is 1. The van der Waals surface area contributed by atoms with Crippen molar-refractivity contribution in [1.29, 1.82) is 5.41 Å². The third kappa shape index (κ3) is 4.08. The topological polar surface area (TPSA) is 118 Å². The van der Waals surface area contributed by atoms with E-state index >= 15 is 0 Å². The molecular weight excluding hydrogens is 443 g/mol. The first-order valence-electron chi connectivity index (χ1n) is 11.0. The number of aromatic nitrogens is 5. The predicted octanol–water partition coefficient (Wildman–Crippen LogP) is 4.74. The molecule has 0 saturated heterocycles. The van der Waals surface area contributed by atoms with Crippen LogP contribution in [0.25, 0.3) is 22.0 Å². The number of nitrogens with two attached hydrogens (primary N) is 1. The third-order valence-corrected chi connectivity index (χ3v) is 5.99. The Kier molecular flexibility index (Phi) is 5.66. The molecule has 0 amide bonds. The van der Waals surface area contributed by atoms with Crippen LogP contribution in [0.2, 0.25) is 0 Å². The van der Waals surface area contributed by atoms with E-state index in [-0.39, 0.29) is 23.4 Å². The zero-order valence-electron chi connectivity index (χ0n) is 19.2. The molecular formula is C26H23FN8.